The number of nitrogens with zero attached hydrogens (tertiary/aromatic N) is 1. The fourth-order valence-electron chi connectivity index (χ4n) is 3.12. The number of esters is 2. The highest BCUT2D eigenvalue weighted by Crippen LogP contribution is 2.41. The predicted octanol–water partition coefficient (Wildman–Crippen LogP) is 5.35. The van der Waals surface area contributed by atoms with Crippen molar-refractivity contribution in [2.45, 2.75) is 89.9 Å². The minimum Gasteiger partial charge on any atom is -0.458 e. The lowest BCUT2D eigenvalue weighted by Gasteiger charge is -2.32. The number of amides is 1. The first-order chi connectivity index (χ1) is 14.4. The molecule has 2 atom stereocenters. The fraction of sp³-hybridized carbons (Fsp3) is 0.762. The van der Waals surface area contributed by atoms with E-state index in [-0.39, 0.29) is 6.42 Å². The second-order valence-electron chi connectivity index (χ2n) is 8.94. The molecule has 0 aromatic heterocycles. The summed E-state index contributed by atoms with van der Waals surface area (Å²) in [5.74, 6) is 0.550. The van der Waals surface area contributed by atoms with E-state index in [1.807, 2.05) is 24.6 Å². The zero-order valence-electron chi connectivity index (χ0n) is 19.1. The Morgan fingerprint density at radius 3 is 2.58 bits per heavy atom. The molecule has 2 aliphatic rings. The van der Waals surface area contributed by atoms with Gasteiger partial charge in [-0.05, 0) is 58.8 Å². The highest BCUT2D eigenvalue weighted by molar-refractivity contribution is 8.78. The van der Waals surface area contributed by atoms with E-state index in [1.165, 1.54) is 28.5 Å². The van der Waals surface area contributed by atoms with Crippen molar-refractivity contribution in [2.75, 3.05) is 11.6 Å². The van der Waals surface area contributed by atoms with Crippen molar-refractivity contribution in [3.05, 3.63) is 11.0 Å². The quantitative estimate of drug-likeness (QED) is 0.203. The molecule has 0 aromatic rings. The van der Waals surface area contributed by atoms with E-state index in [9.17, 15) is 14.4 Å². The van der Waals surface area contributed by atoms with Crippen LogP contribution >= 0.6 is 33.3 Å². The molecule has 31 heavy (non-hydrogen) atoms. The standard InChI is InChI=1S/C21H33NO6S3/c1-14(26-16(23)10-8-7-9-15-11-12-30-31-15)27-19(25)22-13-29-21(5,6)17(22)18(24)28-20(2,3)4/h9,14,17H,7-8,10-13H2,1-6H3/b15-9-/t14?,17-/m0/s1. The average molecular weight is 492 g/mol. The molecule has 7 nitrogen and oxygen atoms in total. The third-order valence-electron chi connectivity index (χ3n) is 4.53. The van der Waals surface area contributed by atoms with E-state index in [0.29, 0.717) is 12.3 Å². The summed E-state index contributed by atoms with van der Waals surface area (Å²) in [7, 11) is 3.65. The van der Waals surface area contributed by atoms with Crippen LogP contribution in [0.5, 0.6) is 0 Å². The van der Waals surface area contributed by atoms with Gasteiger partial charge in [-0.25, -0.2) is 9.59 Å². The molecular formula is C21H33NO6S3. The lowest BCUT2D eigenvalue weighted by atomic mass is 10.0. The van der Waals surface area contributed by atoms with Crippen LogP contribution in [-0.4, -0.2) is 57.2 Å². The van der Waals surface area contributed by atoms with Gasteiger partial charge in [0.25, 0.3) is 0 Å². The van der Waals surface area contributed by atoms with Crippen molar-refractivity contribution in [1.29, 1.82) is 0 Å². The van der Waals surface area contributed by atoms with E-state index in [1.54, 1.807) is 31.6 Å². The van der Waals surface area contributed by atoms with Crippen LogP contribution < -0.4 is 0 Å². The first-order valence-corrected chi connectivity index (χ1v) is 13.7. The smallest absolute Gasteiger partial charge is 0.414 e. The number of hydrogen-bond donors (Lipinski definition) is 0. The molecule has 176 valence electrons. The lowest BCUT2D eigenvalue weighted by Crippen LogP contribution is -2.51. The van der Waals surface area contributed by atoms with Crippen molar-refractivity contribution in [3.63, 3.8) is 0 Å². The molecule has 0 radical (unpaired) electrons. The highest BCUT2D eigenvalue weighted by Gasteiger charge is 2.50. The molecule has 2 fully saturated rings. The zero-order valence-corrected chi connectivity index (χ0v) is 21.5. The summed E-state index contributed by atoms with van der Waals surface area (Å²) in [5.41, 5.74) is -0.663. The number of ether oxygens (including phenoxy) is 3. The van der Waals surface area contributed by atoms with Gasteiger partial charge in [0.1, 0.15) is 11.6 Å². The lowest BCUT2D eigenvalue weighted by molar-refractivity contribution is -0.169. The summed E-state index contributed by atoms with van der Waals surface area (Å²) in [4.78, 5) is 40.2. The number of thioether (sulfide) groups is 1. The summed E-state index contributed by atoms with van der Waals surface area (Å²) in [6.07, 6.45) is 3.31. The van der Waals surface area contributed by atoms with Gasteiger partial charge in [-0.2, -0.15) is 0 Å². The zero-order chi connectivity index (χ0) is 23.2. The molecule has 2 heterocycles. The highest BCUT2D eigenvalue weighted by atomic mass is 33.1. The molecule has 2 saturated heterocycles. The summed E-state index contributed by atoms with van der Waals surface area (Å²) < 4.78 is 15.5. The van der Waals surface area contributed by atoms with Gasteiger partial charge >= 0.3 is 18.0 Å². The molecule has 0 N–H and O–H groups in total. The van der Waals surface area contributed by atoms with Crippen molar-refractivity contribution in [3.8, 4) is 0 Å². The Morgan fingerprint density at radius 2 is 1.97 bits per heavy atom. The Labute approximate surface area is 197 Å². The van der Waals surface area contributed by atoms with Crippen LogP contribution in [-0.2, 0) is 23.8 Å². The Bertz CT molecular complexity index is 696. The minimum atomic E-state index is -1.03. The van der Waals surface area contributed by atoms with Crippen LogP contribution in [0.1, 0.15) is 67.2 Å². The number of unbranched alkanes of at least 4 members (excludes halogenated alkanes) is 1. The summed E-state index contributed by atoms with van der Waals surface area (Å²) >= 11 is 1.47. The van der Waals surface area contributed by atoms with Gasteiger partial charge in [0.2, 0.25) is 6.29 Å². The number of carbonyl (C=O) groups is 3. The third-order valence-corrected chi connectivity index (χ3v) is 8.47. The number of rotatable bonds is 7. The van der Waals surface area contributed by atoms with Crippen LogP contribution in [0.4, 0.5) is 4.79 Å². The molecule has 2 aliphatic heterocycles. The molecule has 0 aliphatic carbocycles. The van der Waals surface area contributed by atoms with Crippen molar-refractivity contribution >= 4 is 51.4 Å². The average Bonchev–Trinajstić information content (AvgIpc) is 3.24. The van der Waals surface area contributed by atoms with Gasteiger partial charge in [0, 0.05) is 23.8 Å². The van der Waals surface area contributed by atoms with Gasteiger partial charge in [-0.15, -0.1) is 11.8 Å². The van der Waals surface area contributed by atoms with Crippen molar-refractivity contribution in [1.82, 2.24) is 4.90 Å². The summed E-state index contributed by atoms with van der Waals surface area (Å²) in [6.45, 7) is 10.6. The van der Waals surface area contributed by atoms with Crippen LogP contribution in [0.2, 0.25) is 0 Å². The van der Waals surface area contributed by atoms with Crippen molar-refractivity contribution in [2.24, 2.45) is 0 Å². The molecule has 0 spiro atoms. The monoisotopic (exact) mass is 491 g/mol. The first kappa shape index (κ1) is 26.3. The van der Waals surface area contributed by atoms with E-state index < -0.39 is 40.7 Å². The third kappa shape index (κ3) is 8.46. The Hall–Kier alpha value is -1.00. The Morgan fingerprint density at radius 1 is 1.26 bits per heavy atom. The molecule has 0 saturated carbocycles. The molecule has 0 aromatic carbocycles. The number of allylic oxidation sites excluding steroid dienone is 2. The van der Waals surface area contributed by atoms with E-state index in [2.05, 4.69) is 6.08 Å². The Balaban J connectivity index is 1.82. The number of hydrogen-bond acceptors (Lipinski definition) is 9. The maximum absolute atomic E-state index is 12.7. The fourth-order valence-corrected chi connectivity index (χ4v) is 6.67. The van der Waals surface area contributed by atoms with Crippen LogP contribution in [0, 0.1) is 0 Å². The molecule has 10 heteroatoms. The molecular weight excluding hydrogens is 458 g/mol. The van der Waals surface area contributed by atoms with Gasteiger partial charge in [-0.1, -0.05) is 27.7 Å². The van der Waals surface area contributed by atoms with E-state index in [0.717, 1.165) is 18.6 Å². The van der Waals surface area contributed by atoms with Gasteiger partial charge in [0.05, 0.1) is 5.88 Å². The molecule has 2 rings (SSSR count). The largest absolute Gasteiger partial charge is 0.458 e. The van der Waals surface area contributed by atoms with Crippen molar-refractivity contribution < 1.29 is 28.6 Å². The Kier molecular flexibility index (Phi) is 9.51. The van der Waals surface area contributed by atoms with E-state index in [4.69, 9.17) is 14.2 Å². The van der Waals surface area contributed by atoms with E-state index >= 15 is 0 Å². The van der Waals surface area contributed by atoms with Crippen LogP contribution in [0.3, 0.4) is 0 Å². The second kappa shape index (κ2) is 11.2. The van der Waals surface area contributed by atoms with Gasteiger partial charge in [0.15, 0.2) is 0 Å². The minimum absolute atomic E-state index is 0.261. The summed E-state index contributed by atoms with van der Waals surface area (Å²) in [6, 6.07) is -0.785. The van der Waals surface area contributed by atoms with Crippen LogP contribution in [0.15, 0.2) is 11.0 Å². The maximum atomic E-state index is 12.7. The van der Waals surface area contributed by atoms with Crippen LogP contribution in [0.25, 0.3) is 0 Å². The van der Waals surface area contributed by atoms with Gasteiger partial charge < -0.3 is 14.2 Å². The van der Waals surface area contributed by atoms with Gasteiger partial charge in [-0.3, -0.25) is 9.69 Å². The topological polar surface area (TPSA) is 82.1 Å². The molecule has 1 unspecified atom stereocenters. The maximum Gasteiger partial charge on any atom is 0.414 e. The normalized spacial score (nSPS) is 23.0. The number of carbonyl (C=O) groups excluding carboxylic acids is 3. The summed E-state index contributed by atoms with van der Waals surface area (Å²) in [5, 5.41) is 0. The molecule has 1 amide bonds. The predicted molar refractivity (Wildman–Crippen MR) is 127 cm³/mol. The molecule has 0 bridgehead atoms. The first-order valence-electron chi connectivity index (χ1n) is 10.4. The SMILES string of the molecule is CC(OC(=O)CCC/C=C1/CCSS1)OC(=O)N1CSC(C)(C)[C@@H]1C(=O)OC(C)(C)C. The second-order valence-corrected chi connectivity index (χ2v) is 13.1.